The van der Waals surface area contributed by atoms with Crippen LogP contribution in [0.5, 0.6) is 0 Å². The lowest BCUT2D eigenvalue weighted by Gasteiger charge is -2.12. The van der Waals surface area contributed by atoms with Crippen molar-refractivity contribution < 1.29 is 0 Å². The van der Waals surface area contributed by atoms with Gasteiger partial charge in [-0.05, 0) is 60.4 Å². The van der Waals surface area contributed by atoms with Gasteiger partial charge < -0.3 is 10.8 Å². The van der Waals surface area contributed by atoms with E-state index in [0.717, 1.165) is 22.3 Å². The molecule has 0 spiro atoms. The Morgan fingerprint density at radius 3 is 1.38 bits per heavy atom. The number of allylic oxidation sites excluding steroid dienone is 10. The molecular weight excluding hydrogens is 196 g/mol. The van der Waals surface area contributed by atoms with E-state index in [-0.39, 0.29) is 0 Å². The highest BCUT2D eigenvalue weighted by Crippen LogP contribution is 2.22. The van der Waals surface area contributed by atoms with E-state index >= 15 is 0 Å². The summed E-state index contributed by atoms with van der Waals surface area (Å²) >= 11 is 0. The third-order valence-corrected chi connectivity index (χ3v) is 2.79. The molecule has 0 radical (unpaired) electrons. The molecule has 0 atom stereocenters. The van der Waals surface area contributed by atoms with Gasteiger partial charge in [-0.15, -0.1) is 0 Å². The van der Waals surface area contributed by atoms with Gasteiger partial charge in [0.1, 0.15) is 0 Å². The largest absolute Gasteiger partial charge is 0.301 e. The molecule has 0 aromatic carbocycles. The zero-order chi connectivity index (χ0) is 11.7. The van der Waals surface area contributed by atoms with Gasteiger partial charge in [0.25, 0.3) is 0 Å². The van der Waals surface area contributed by atoms with E-state index in [4.69, 9.17) is 10.8 Å². The van der Waals surface area contributed by atoms with Crippen molar-refractivity contribution in [2.45, 2.75) is 13.8 Å². The third kappa shape index (κ3) is 1.87. The summed E-state index contributed by atoms with van der Waals surface area (Å²) in [6.07, 6.45) is 11.6. The molecule has 2 aliphatic carbocycles. The standard InChI is InChI=1S/C14H14N2/c1-9-7-11(3-5-13(9)15)12-4-6-14(16)10(2)8-12/h3-8,15-16H,1-2H3/b12-11+,15-13?,16-14?. The Balaban J connectivity index is 2.46. The molecule has 0 aliphatic heterocycles. The molecule has 80 valence electrons. The molecule has 2 nitrogen and oxygen atoms in total. The monoisotopic (exact) mass is 210 g/mol. The number of rotatable bonds is 0. The lowest BCUT2D eigenvalue weighted by atomic mass is 9.93. The van der Waals surface area contributed by atoms with Crippen LogP contribution in [0.25, 0.3) is 0 Å². The lowest BCUT2D eigenvalue weighted by molar-refractivity contribution is 1.38. The van der Waals surface area contributed by atoms with Crippen LogP contribution in [0.3, 0.4) is 0 Å². The smallest absolute Gasteiger partial charge is 0.0569 e. The maximum atomic E-state index is 7.63. The van der Waals surface area contributed by atoms with Gasteiger partial charge in [-0.25, -0.2) is 0 Å². The van der Waals surface area contributed by atoms with Crippen molar-refractivity contribution in [2.24, 2.45) is 0 Å². The Labute approximate surface area is 95.4 Å². The van der Waals surface area contributed by atoms with Crippen molar-refractivity contribution in [3.63, 3.8) is 0 Å². The van der Waals surface area contributed by atoms with E-state index in [1.54, 1.807) is 0 Å². The number of nitrogens with one attached hydrogen (secondary N) is 2. The molecule has 2 N–H and O–H groups in total. The van der Waals surface area contributed by atoms with Gasteiger partial charge >= 0.3 is 0 Å². The molecule has 0 fully saturated rings. The van der Waals surface area contributed by atoms with Gasteiger partial charge in [0.15, 0.2) is 0 Å². The fraction of sp³-hybridized carbons (Fsp3) is 0.143. The van der Waals surface area contributed by atoms with Crippen molar-refractivity contribution >= 4 is 11.4 Å². The second-order valence-corrected chi connectivity index (χ2v) is 4.06. The van der Waals surface area contributed by atoms with Crippen LogP contribution in [0.1, 0.15) is 13.8 Å². The molecule has 0 unspecified atom stereocenters. The predicted octanol–water partition coefficient (Wildman–Crippen LogP) is 3.35. The highest BCUT2D eigenvalue weighted by molar-refractivity contribution is 6.09. The second kappa shape index (κ2) is 3.89. The maximum absolute atomic E-state index is 7.63. The molecule has 0 saturated carbocycles. The normalized spacial score (nSPS) is 24.6. The average molecular weight is 210 g/mol. The highest BCUT2D eigenvalue weighted by Gasteiger charge is 2.09. The molecule has 0 amide bonds. The van der Waals surface area contributed by atoms with Crippen molar-refractivity contribution in [1.29, 1.82) is 10.8 Å². The Morgan fingerprint density at radius 2 is 1.06 bits per heavy atom. The summed E-state index contributed by atoms with van der Waals surface area (Å²) in [5.74, 6) is 0. The van der Waals surface area contributed by atoms with Crippen molar-refractivity contribution in [3.8, 4) is 0 Å². The van der Waals surface area contributed by atoms with Crippen LogP contribution in [-0.4, -0.2) is 11.4 Å². The third-order valence-electron chi connectivity index (χ3n) is 2.79. The van der Waals surface area contributed by atoms with Crippen molar-refractivity contribution in [3.05, 3.63) is 58.7 Å². The first-order valence-electron chi connectivity index (χ1n) is 5.23. The van der Waals surface area contributed by atoms with Crippen LogP contribution >= 0.6 is 0 Å². The Kier molecular flexibility index (Phi) is 2.57. The zero-order valence-corrected chi connectivity index (χ0v) is 9.46. The molecule has 0 heterocycles. The minimum absolute atomic E-state index is 0.567. The minimum Gasteiger partial charge on any atom is -0.301 e. The topological polar surface area (TPSA) is 47.7 Å². The van der Waals surface area contributed by atoms with E-state index < -0.39 is 0 Å². The maximum Gasteiger partial charge on any atom is 0.0569 e. The predicted molar refractivity (Wildman–Crippen MR) is 68.3 cm³/mol. The average Bonchev–Trinajstić information content (AvgIpc) is 2.26. The first-order chi connectivity index (χ1) is 7.58. The van der Waals surface area contributed by atoms with E-state index in [9.17, 15) is 0 Å². The second-order valence-electron chi connectivity index (χ2n) is 4.06. The molecule has 16 heavy (non-hydrogen) atoms. The fourth-order valence-electron chi connectivity index (χ4n) is 1.69. The first-order valence-corrected chi connectivity index (χ1v) is 5.23. The van der Waals surface area contributed by atoms with Gasteiger partial charge in [0, 0.05) is 0 Å². The Hall–Kier alpha value is -1.96. The fourth-order valence-corrected chi connectivity index (χ4v) is 1.69. The van der Waals surface area contributed by atoms with Gasteiger partial charge in [-0.3, -0.25) is 0 Å². The molecule has 0 bridgehead atoms. The lowest BCUT2D eigenvalue weighted by Crippen LogP contribution is -2.03. The van der Waals surface area contributed by atoms with E-state index in [0.29, 0.717) is 11.4 Å². The van der Waals surface area contributed by atoms with Crippen LogP contribution < -0.4 is 0 Å². The summed E-state index contributed by atoms with van der Waals surface area (Å²) < 4.78 is 0. The summed E-state index contributed by atoms with van der Waals surface area (Å²) in [4.78, 5) is 0. The quantitative estimate of drug-likeness (QED) is 0.616. The summed E-state index contributed by atoms with van der Waals surface area (Å²) in [6, 6.07) is 0. The highest BCUT2D eigenvalue weighted by atomic mass is 14.4. The van der Waals surface area contributed by atoms with Crippen molar-refractivity contribution in [2.75, 3.05) is 0 Å². The summed E-state index contributed by atoms with van der Waals surface area (Å²) in [5, 5.41) is 15.3. The van der Waals surface area contributed by atoms with Gasteiger partial charge in [-0.2, -0.15) is 0 Å². The van der Waals surface area contributed by atoms with E-state index in [1.165, 1.54) is 0 Å². The van der Waals surface area contributed by atoms with Crippen LogP contribution in [0, 0.1) is 10.8 Å². The molecule has 2 rings (SSSR count). The number of hydrogen-bond acceptors (Lipinski definition) is 2. The summed E-state index contributed by atoms with van der Waals surface area (Å²) in [7, 11) is 0. The molecule has 2 aliphatic rings. The minimum atomic E-state index is 0.567. The molecule has 0 aromatic heterocycles. The first kappa shape index (κ1) is 10.6. The summed E-state index contributed by atoms with van der Waals surface area (Å²) in [6.45, 7) is 3.88. The van der Waals surface area contributed by atoms with Gasteiger partial charge in [0.05, 0.1) is 11.4 Å². The van der Waals surface area contributed by atoms with Crippen LogP contribution in [0.4, 0.5) is 0 Å². The zero-order valence-electron chi connectivity index (χ0n) is 9.46. The molecule has 0 saturated heterocycles. The Bertz CT molecular complexity index is 475. The molecule has 2 heteroatoms. The van der Waals surface area contributed by atoms with Crippen LogP contribution in [0.2, 0.25) is 0 Å². The van der Waals surface area contributed by atoms with E-state index in [2.05, 4.69) is 0 Å². The Morgan fingerprint density at radius 1 is 0.688 bits per heavy atom. The van der Waals surface area contributed by atoms with Gasteiger partial charge in [-0.1, -0.05) is 12.2 Å². The SMILES string of the molecule is CC1=C/C(=C2\C=CC(=N)C(C)=C2)C=CC1=N. The van der Waals surface area contributed by atoms with Crippen LogP contribution in [0.15, 0.2) is 58.7 Å². The van der Waals surface area contributed by atoms with Gasteiger partial charge in [0.2, 0.25) is 0 Å². The van der Waals surface area contributed by atoms with E-state index in [1.807, 2.05) is 50.3 Å². The number of hydrogen-bond donors (Lipinski definition) is 2. The van der Waals surface area contributed by atoms with Crippen LogP contribution in [-0.2, 0) is 0 Å². The molecular formula is C14H14N2. The molecule has 0 aromatic rings. The van der Waals surface area contributed by atoms with Crippen molar-refractivity contribution in [1.82, 2.24) is 0 Å². The summed E-state index contributed by atoms with van der Waals surface area (Å²) in [5.41, 5.74) is 5.30.